The third-order valence-corrected chi connectivity index (χ3v) is 4.27. The summed E-state index contributed by atoms with van der Waals surface area (Å²) in [4.78, 5) is 39.3. The van der Waals surface area contributed by atoms with Gasteiger partial charge in [0.15, 0.2) is 12.4 Å². The number of rotatable bonds is 5. The van der Waals surface area contributed by atoms with Crippen LogP contribution in [0.4, 0.5) is 4.39 Å². The van der Waals surface area contributed by atoms with Crippen LogP contribution in [0.1, 0.15) is 16.1 Å². The van der Waals surface area contributed by atoms with Crippen molar-refractivity contribution in [1.82, 2.24) is 9.80 Å². The zero-order valence-corrected chi connectivity index (χ0v) is 14.6. The quantitative estimate of drug-likeness (QED) is 0.741. The predicted molar refractivity (Wildman–Crippen MR) is 92.3 cm³/mol. The highest BCUT2D eigenvalue weighted by Gasteiger charge is 2.26. The van der Waals surface area contributed by atoms with Crippen molar-refractivity contribution in [2.24, 2.45) is 0 Å². The smallest absolute Gasteiger partial charge is 0.310 e. The van der Waals surface area contributed by atoms with Crippen LogP contribution in [0.15, 0.2) is 47.1 Å². The fourth-order valence-corrected chi connectivity index (χ4v) is 2.77. The van der Waals surface area contributed by atoms with E-state index in [1.165, 1.54) is 30.5 Å². The summed E-state index contributed by atoms with van der Waals surface area (Å²) in [6.07, 6.45) is 1.41. The molecule has 1 aromatic carbocycles. The first-order chi connectivity index (χ1) is 13.0. The van der Waals surface area contributed by atoms with E-state index < -0.39 is 5.97 Å². The molecule has 0 radical (unpaired) electrons. The number of esters is 1. The Bertz CT molecular complexity index is 796. The molecule has 0 aliphatic carbocycles. The number of hydrogen-bond acceptors (Lipinski definition) is 5. The Hall–Kier alpha value is -3.16. The average Bonchev–Trinajstić information content (AvgIpc) is 3.22. The van der Waals surface area contributed by atoms with Crippen molar-refractivity contribution in [2.75, 3.05) is 32.8 Å². The molecule has 7 nitrogen and oxygen atoms in total. The summed E-state index contributed by atoms with van der Waals surface area (Å²) in [7, 11) is 0. The van der Waals surface area contributed by atoms with Gasteiger partial charge in [-0.2, -0.15) is 0 Å². The van der Waals surface area contributed by atoms with Crippen molar-refractivity contribution in [3.8, 4) is 0 Å². The van der Waals surface area contributed by atoms with Gasteiger partial charge in [-0.25, -0.2) is 4.39 Å². The van der Waals surface area contributed by atoms with Crippen molar-refractivity contribution in [3.63, 3.8) is 0 Å². The normalized spacial score (nSPS) is 14.1. The third kappa shape index (κ3) is 4.93. The van der Waals surface area contributed by atoms with Crippen LogP contribution in [-0.4, -0.2) is 60.4 Å². The van der Waals surface area contributed by atoms with E-state index in [2.05, 4.69) is 0 Å². The minimum absolute atomic E-state index is 0.0288. The van der Waals surface area contributed by atoms with Crippen LogP contribution < -0.4 is 0 Å². The lowest BCUT2D eigenvalue weighted by atomic mass is 10.1. The van der Waals surface area contributed by atoms with Gasteiger partial charge in [-0.3, -0.25) is 14.4 Å². The minimum Gasteiger partial charge on any atom is -0.459 e. The molecule has 3 rings (SSSR count). The van der Waals surface area contributed by atoms with Crippen molar-refractivity contribution >= 4 is 17.8 Å². The molecule has 0 bridgehead atoms. The Morgan fingerprint density at radius 3 is 2.30 bits per heavy atom. The highest BCUT2D eigenvalue weighted by Crippen LogP contribution is 2.10. The SMILES string of the molecule is O=C(Cc1ccc(F)cc1)OCC(=O)N1CCN(C(=O)c2ccco2)CC1. The molecule has 27 heavy (non-hydrogen) atoms. The molecule has 1 saturated heterocycles. The van der Waals surface area contributed by atoms with Crippen LogP contribution in [0.25, 0.3) is 0 Å². The predicted octanol–water partition coefficient (Wildman–Crippen LogP) is 1.49. The topological polar surface area (TPSA) is 80.1 Å². The van der Waals surface area contributed by atoms with Gasteiger partial charge in [0.1, 0.15) is 5.82 Å². The second-order valence-corrected chi connectivity index (χ2v) is 6.11. The van der Waals surface area contributed by atoms with E-state index in [-0.39, 0.29) is 36.4 Å². The largest absolute Gasteiger partial charge is 0.459 e. The second kappa shape index (κ2) is 8.48. The first-order valence-electron chi connectivity index (χ1n) is 8.53. The maximum atomic E-state index is 12.8. The number of furan rings is 1. The summed E-state index contributed by atoms with van der Waals surface area (Å²) in [5.74, 6) is -1.19. The molecule has 142 valence electrons. The highest BCUT2D eigenvalue weighted by atomic mass is 19.1. The molecule has 0 atom stereocenters. The minimum atomic E-state index is -0.554. The summed E-state index contributed by atoms with van der Waals surface area (Å²) in [6, 6.07) is 8.75. The lowest BCUT2D eigenvalue weighted by molar-refractivity contribution is -0.152. The summed E-state index contributed by atoms with van der Waals surface area (Å²) >= 11 is 0. The molecule has 0 saturated carbocycles. The summed E-state index contributed by atoms with van der Waals surface area (Å²) < 4.78 is 22.9. The first kappa shape index (κ1) is 18.6. The van der Waals surface area contributed by atoms with Gasteiger partial charge < -0.3 is 19.0 Å². The fourth-order valence-electron chi connectivity index (χ4n) is 2.77. The molecule has 1 fully saturated rings. The maximum Gasteiger partial charge on any atom is 0.310 e. The van der Waals surface area contributed by atoms with Crippen LogP contribution in [0.3, 0.4) is 0 Å². The van der Waals surface area contributed by atoms with E-state index in [9.17, 15) is 18.8 Å². The summed E-state index contributed by atoms with van der Waals surface area (Å²) in [6.45, 7) is 1.14. The Morgan fingerprint density at radius 1 is 1.00 bits per heavy atom. The standard InChI is InChI=1S/C19H19FN2O5/c20-15-5-3-14(4-6-15)12-18(24)27-13-17(23)21-7-9-22(10-8-21)19(25)16-2-1-11-26-16/h1-6,11H,7-10,12-13H2. The lowest BCUT2D eigenvalue weighted by Crippen LogP contribution is -2.51. The van der Waals surface area contributed by atoms with Crippen LogP contribution in [0.2, 0.25) is 0 Å². The number of benzene rings is 1. The van der Waals surface area contributed by atoms with E-state index in [1.54, 1.807) is 21.9 Å². The van der Waals surface area contributed by atoms with Gasteiger partial charge in [0, 0.05) is 26.2 Å². The van der Waals surface area contributed by atoms with Crippen LogP contribution in [0.5, 0.6) is 0 Å². The number of hydrogen-bond donors (Lipinski definition) is 0. The molecule has 0 spiro atoms. The molecule has 1 aliphatic heterocycles. The van der Waals surface area contributed by atoms with Crippen molar-refractivity contribution in [3.05, 3.63) is 59.8 Å². The second-order valence-electron chi connectivity index (χ2n) is 6.11. The third-order valence-electron chi connectivity index (χ3n) is 4.27. The summed E-state index contributed by atoms with van der Waals surface area (Å²) in [5, 5.41) is 0. The molecule has 0 unspecified atom stereocenters. The fraction of sp³-hybridized carbons (Fsp3) is 0.316. The number of halogens is 1. The van der Waals surface area contributed by atoms with Gasteiger partial charge in [0.05, 0.1) is 12.7 Å². The number of carbonyl (C=O) groups is 3. The number of piperazine rings is 1. The van der Waals surface area contributed by atoms with Crippen LogP contribution in [0, 0.1) is 5.82 Å². The van der Waals surface area contributed by atoms with E-state index >= 15 is 0 Å². The molecule has 2 amide bonds. The Balaban J connectivity index is 1.41. The monoisotopic (exact) mass is 374 g/mol. The molecule has 8 heteroatoms. The van der Waals surface area contributed by atoms with Gasteiger partial charge in [0.2, 0.25) is 0 Å². The zero-order chi connectivity index (χ0) is 19.2. The van der Waals surface area contributed by atoms with Crippen LogP contribution >= 0.6 is 0 Å². The highest BCUT2D eigenvalue weighted by molar-refractivity contribution is 5.91. The van der Waals surface area contributed by atoms with Gasteiger partial charge in [-0.15, -0.1) is 0 Å². The molecule has 1 aliphatic rings. The molecular formula is C19H19FN2O5. The van der Waals surface area contributed by atoms with E-state index in [4.69, 9.17) is 9.15 Å². The van der Waals surface area contributed by atoms with E-state index in [1.807, 2.05) is 0 Å². The average molecular weight is 374 g/mol. The van der Waals surface area contributed by atoms with Crippen molar-refractivity contribution < 1.29 is 27.9 Å². The molecule has 1 aromatic heterocycles. The molecule has 2 aromatic rings. The zero-order valence-electron chi connectivity index (χ0n) is 14.6. The molecular weight excluding hydrogens is 355 g/mol. The van der Waals surface area contributed by atoms with E-state index in [0.717, 1.165) is 0 Å². The number of nitrogens with zero attached hydrogens (tertiary/aromatic N) is 2. The Kier molecular flexibility index (Phi) is 5.85. The number of amides is 2. The van der Waals surface area contributed by atoms with Crippen LogP contribution in [-0.2, 0) is 20.7 Å². The molecule has 2 heterocycles. The number of carbonyl (C=O) groups excluding carboxylic acids is 3. The Morgan fingerprint density at radius 2 is 1.67 bits per heavy atom. The molecule has 0 N–H and O–H groups in total. The van der Waals surface area contributed by atoms with Gasteiger partial charge in [-0.05, 0) is 29.8 Å². The van der Waals surface area contributed by atoms with Gasteiger partial charge >= 0.3 is 5.97 Å². The van der Waals surface area contributed by atoms with Gasteiger partial charge in [0.25, 0.3) is 11.8 Å². The van der Waals surface area contributed by atoms with Gasteiger partial charge in [-0.1, -0.05) is 12.1 Å². The Labute approximate surface area is 155 Å². The van der Waals surface area contributed by atoms with Crippen molar-refractivity contribution in [1.29, 1.82) is 0 Å². The first-order valence-corrected chi connectivity index (χ1v) is 8.53. The lowest BCUT2D eigenvalue weighted by Gasteiger charge is -2.34. The maximum absolute atomic E-state index is 12.8. The number of ether oxygens (including phenoxy) is 1. The van der Waals surface area contributed by atoms with E-state index in [0.29, 0.717) is 31.7 Å². The van der Waals surface area contributed by atoms with Crippen molar-refractivity contribution in [2.45, 2.75) is 6.42 Å². The summed E-state index contributed by atoms with van der Waals surface area (Å²) in [5.41, 5.74) is 0.610.